The molecule has 0 radical (unpaired) electrons. The molecule has 24 heavy (non-hydrogen) atoms. The van der Waals surface area contributed by atoms with Crippen molar-refractivity contribution in [2.24, 2.45) is 0 Å². The van der Waals surface area contributed by atoms with Gasteiger partial charge in [-0.25, -0.2) is 9.59 Å². The average molecular weight is 332 g/mol. The summed E-state index contributed by atoms with van der Waals surface area (Å²) in [4.78, 5) is 30.5. The smallest absolute Gasteiger partial charge is 0.410 e. The minimum Gasteiger partial charge on any atom is -0.444 e. The van der Waals surface area contributed by atoms with Gasteiger partial charge in [0.1, 0.15) is 5.60 Å². The molecule has 3 rings (SSSR count). The largest absolute Gasteiger partial charge is 0.444 e. The number of imidazole rings is 1. The van der Waals surface area contributed by atoms with Gasteiger partial charge in [0.25, 0.3) is 0 Å². The Morgan fingerprint density at radius 2 is 1.96 bits per heavy atom. The highest BCUT2D eigenvalue weighted by atomic mass is 16.6. The molecule has 130 valence electrons. The number of carbonyl (C=O) groups is 1. The molecule has 1 fully saturated rings. The maximum Gasteiger partial charge on any atom is 0.410 e. The van der Waals surface area contributed by atoms with E-state index in [9.17, 15) is 9.59 Å². The molecule has 2 aromatic rings. The number of carbonyl (C=O) groups excluding carboxylic acids is 1. The summed E-state index contributed by atoms with van der Waals surface area (Å²) in [6.45, 7) is 8.95. The van der Waals surface area contributed by atoms with Crippen LogP contribution in [0.2, 0.25) is 0 Å². The molecule has 7 nitrogen and oxygen atoms in total. The number of nitrogens with zero attached hydrogens (tertiary/aromatic N) is 1. The van der Waals surface area contributed by atoms with E-state index in [-0.39, 0.29) is 23.9 Å². The number of aromatic amines is 2. The van der Waals surface area contributed by atoms with Gasteiger partial charge in [-0.2, -0.15) is 0 Å². The van der Waals surface area contributed by atoms with Crippen molar-refractivity contribution in [3.63, 3.8) is 0 Å². The number of benzene rings is 1. The van der Waals surface area contributed by atoms with Crippen LogP contribution in [0.15, 0.2) is 23.0 Å². The SMILES string of the molecule is CC(NC1CN(C(=O)OC(C)(C)C)C1)c1ccc2[nH]c(=O)[nH]c2c1. The summed E-state index contributed by atoms with van der Waals surface area (Å²) in [5.41, 5.74) is 2.03. The average Bonchev–Trinajstić information content (AvgIpc) is 2.78. The molecule has 0 saturated carbocycles. The molecule has 1 unspecified atom stereocenters. The maximum absolute atomic E-state index is 11.9. The van der Waals surface area contributed by atoms with E-state index in [4.69, 9.17) is 4.74 Å². The topological polar surface area (TPSA) is 90.2 Å². The third-order valence-corrected chi connectivity index (χ3v) is 4.06. The van der Waals surface area contributed by atoms with Crippen LogP contribution in [0.3, 0.4) is 0 Å². The lowest BCUT2D eigenvalue weighted by Crippen LogP contribution is -2.60. The maximum atomic E-state index is 11.9. The molecular formula is C17H24N4O3. The van der Waals surface area contributed by atoms with E-state index in [1.54, 1.807) is 4.90 Å². The van der Waals surface area contributed by atoms with Gasteiger partial charge in [0.05, 0.1) is 11.0 Å². The van der Waals surface area contributed by atoms with E-state index in [1.807, 2.05) is 39.0 Å². The van der Waals surface area contributed by atoms with E-state index in [2.05, 4.69) is 22.2 Å². The van der Waals surface area contributed by atoms with Crippen molar-refractivity contribution in [3.05, 3.63) is 34.2 Å². The van der Waals surface area contributed by atoms with Gasteiger partial charge in [0, 0.05) is 25.2 Å². The Kier molecular flexibility index (Phi) is 4.13. The second-order valence-electron chi connectivity index (χ2n) is 7.35. The first-order valence-electron chi connectivity index (χ1n) is 8.17. The molecule has 1 aromatic heterocycles. The van der Waals surface area contributed by atoms with Crippen LogP contribution in [0.1, 0.15) is 39.3 Å². The minimum atomic E-state index is -0.466. The van der Waals surface area contributed by atoms with Crippen LogP contribution in [0.4, 0.5) is 4.79 Å². The molecule has 3 N–H and O–H groups in total. The normalized spacial score (nSPS) is 16.9. The minimum absolute atomic E-state index is 0.124. The molecule has 1 atom stereocenters. The standard InChI is InChI=1S/C17H24N4O3/c1-10(11-5-6-13-14(7-11)20-15(22)19-13)18-12-8-21(9-12)16(23)24-17(2,3)4/h5-7,10,12,18H,8-9H2,1-4H3,(H2,19,20,22). The predicted octanol–water partition coefficient (Wildman–Crippen LogP) is 2.13. The Labute approximate surface area is 140 Å². The van der Waals surface area contributed by atoms with Crippen molar-refractivity contribution < 1.29 is 9.53 Å². The van der Waals surface area contributed by atoms with Crippen molar-refractivity contribution in [3.8, 4) is 0 Å². The molecule has 1 aliphatic rings. The molecule has 2 heterocycles. The van der Waals surface area contributed by atoms with Gasteiger partial charge in [-0.3, -0.25) is 0 Å². The fourth-order valence-electron chi connectivity index (χ4n) is 2.83. The number of ether oxygens (including phenoxy) is 1. The quantitative estimate of drug-likeness (QED) is 0.803. The first-order valence-corrected chi connectivity index (χ1v) is 8.17. The lowest BCUT2D eigenvalue weighted by atomic mass is 10.0. The number of aromatic nitrogens is 2. The van der Waals surface area contributed by atoms with Crippen molar-refractivity contribution >= 4 is 17.1 Å². The molecule has 1 saturated heterocycles. The van der Waals surface area contributed by atoms with E-state index in [0.717, 1.165) is 16.6 Å². The van der Waals surface area contributed by atoms with E-state index < -0.39 is 5.60 Å². The summed E-state index contributed by atoms with van der Waals surface area (Å²) in [7, 11) is 0. The third-order valence-electron chi connectivity index (χ3n) is 4.06. The van der Waals surface area contributed by atoms with Crippen LogP contribution < -0.4 is 11.0 Å². The predicted molar refractivity (Wildman–Crippen MR) is 92.1 cm³/mol. The highest BCUT2D eigenvalue weighted by Crippen LogP contribution is 2.21. The Bertz CT molecular complexity index is 796. The fraction of sp³-hybridized carbons (Fsp3) is 0.529. The molecule has 1 aliphatic heterocycles. The highest BCUT2D eigenvalue weighted by molar-refractivity contribution is 5.75. The van der Waals surface area contributed by atoms with Gasteiger partial charge in [-0.15, -0.1) is 0 Å². The number of rotatable bonds is 3. The van der Waals surface area contributed by atoms with Crippen LogP contribution in [0.5, 0.6) is 0 Å². The zero-order valence-corrected chi connectivity index (χ0v) is 14.5. The summed E-state index contributed by atoms with van der Waals surface area (Å²) in [5, 5.41) is 3.50. The van der Waals surface area contributed by atoms with Gasteiger partial charge in [-0.05, 0) is 45.4 Å². The van der Waals surface area contributed by atoms with Gasteiger partial charge in [-0.1, -0.05) is 6.07 Å². The number of hydrogen-bond donors (Lipinski definition) is 3. The monoisotopic (exact) mass is 332 g/mol. The van der Waals surface area contributed by atoms with Crippen molar-refractivity contribution in [2.45, 2.75) is 45.4 Å². The first-order chi connectivity index (χ1) is 11.2. The summed E-state index contributed by atoms with van der Waals surface area (Å²) in [6, 6.07) is 6.23. The molecule has 0 spiro atoms. The summed E-state index contributed by atoms with van der Waals surface area (Å²) in [5.74, 6) is 0. The summed E-state index contributed by atoms with van der Waals surface area (Å²) in [6.07, 6.45) is -0.264. The Morgan fingerprint density at radius 3 is 2.62 bits per heavy atom. The zero-order chi connectivity index (χ0) is 17.5. The lowest BCUT2D eigenvalue weighted by Gasteiger charge is -2.41. The van der Waals surface area contributed by atoms with Crippen LogP contribution in [0.25, 0.3) is 11.0 Å². The van der Waals surface area contributed by atoms with Gasteiger partial charge in [0.2, 0.25) is 0 Å². The Morgan fingerprint density at radius 1 is 1.29 bits per heavy atom. The van der Waals surface area contributed by atoms with Crippen molar-refractivity contribution in [1.29, 1.82) is 0 Å². The number of hydrogen-bond acceptors (Lipinski definition) is 4. The van der Waals surface area contributed by atoms with Crippen molar-refractivity contribution in [2.75, 3.05) is 13.1 Å². The van der Waals surface area contributed by atoms with E-state index in [0.29, 0.717) is 13.1 Å². The zero-order valence-electron chi connectivity index (χ0n) is 14.5. The Hall–Kier alpha value is -2.28. The molecule has 1 amide bonds. The molecule has 1 aromatic carbocycles. The van der Waals surface area contributed by atoms with Gasteiger partial charge in [0.15, 0.2) is 0 Å². The van der Waals surface area contributed by atoms with E-state index in [1.165, 1.54) is 0 Å². The van der Waals surface area contributed by atoms with Crippen molar-refractivity contribution in [1.82, 2.24) is 20.2 Å². The van der Waals surface area contributed by atoms with Crippen LogP contribution in [-0.4, -0.2) is 45.7 Å². The summed E-state index contributed by atoms with van der Waals surface area (Å²) < 4.78 is 5.35. The molecule has 7 heteroatoms. The summed E-state index contributed by atoms with van der Waals surface area (Å²) >= 11 is 0. The fourth-order valence-corrected chi connectivity index (χ4v) is 2.83. The Balaban J connectivity index is 1.55. The van der Waals surface area contributed by atoms with Gasteiger partial charge >= 0.3 is 11.8 Å². The number of amides is 1. The molecular weight excluding hydrogens is 308 g/mol. The second-order valence-corrected chi connectivity index (χ2v) is 7.35. The van der Waals surface area contributed by atoms with Crippen LogP contribution >= 0.6 is 0 Å². The first kappa shape index (κ1) is 16.6. The number of nitrogens with one attached hydrogen (secondary N) is 3. The lowest BCUT2D eigenvalue weighted by molar-refractivity contribution is 0.00434. The number of H-pyrrole nitrogens is 2. The highest BCUT2D eigenvalue weighted by Gasteiger charge is 2.34. The third kappa shape index (κ3) is 3.62. The second kappa shape index (κ2) is 5.98. The molecule has 0 bridgehead atoms. The molecule has 0 aliphatic carbocycles. The van der Waals surface area contributed by atoms with Crippen LogP contribution in [0, 0.1) is 0 Å². The number of likely N-dealkylation sites (tertiary alicyclic amines) is 1. The van der Waals surface area contributed by atoms with E-state index >= 15 is 0 Å². The van der Waals surface area contributed by atoms with Gasteiger partial charge < -0.3 is 24.9 Å². The number of fused-ring (bicyclic) bond motifs is 1. The van der Waals surface area contributed by atoms with Crippen LogP contribution in [-0.2, 0) is 4.74 Å².